The monoisotopic (exact) mass is 750 g/mol. The van der Waals surface area contributed by atoms with Crippen LogP contribution in [0.3, 0.4) is 0 Å². The van der Waals surface area contributed by atoms with Gasteiger partial charge in [0.15, 0.2) is 9.95 Å². The molecule has 0 aliphatic rings. The van der Waals surface area contributed by atoms with E-state index < -0.39 is 15.1 Å². The Balaban J connectivity index is 0.000000721. The van der Waals surface area contributed by atoms with Crippen molar-refractivity contribution in [3.63, 3.8) is 0 Å². The number of anilines is 2. The zero-order valence-corrected chi connectivity index (χ0v) is 30.3. The second-order valence-electron chi connectivity index (χ2n) is 8.18. The van der Waals surface area contributed by atoms with Gasteiger partial charge in [0.1, 0.15) is 10.0 Å². The molecule has 220 valence electrons. The molecule has 0 saturated heterocycles. The van der Waals surface area contributed by atoms with Gasteiger partial charge >= 0.3 is 45.9 Å². The standard InChI is InChI=1S/2C14H10ClN3O.4ClH.Zn/c2*1-9-7-13(18-16)11(15)8-12(9)17-14(19)10-5-3-2-4-6-10;;;;;/h2*2-8H,1H3;4*1H;/q;;;;;;+2. The Kier molecular flexibility index (Phi) is 19.4. The SMILES string of the molecule is Cc1cc([N+]#N)c(Cl)cc1NC(=O)c1ccccc1.Cc1cc([N+]#N)c(Cl)cc1NC(=O)c1ccccc1.Cl.Cl.[Cl][Zn][Cl]. The topological polar surface area (TPSA) is 114 Å². The summed E-state index contributed by atoms with van der Waals surface area (Å²) < 4.78 is 0. The molecule has 4 aromatic carbocycles. The summed E-state index contributed by atoms with van der Waals surface area (Å²) in [7, 11) is 9.90. The van der Waals surface area contributed by atoms with Crippen LogP contribution in [0.4, 0.5) is 22.7 Å². The zero-order valence-electron chi connectivity index (χ0n) is 22.7. The summed E-state index contributed by atoms with van der Waals surface area (Å²) in [6.07, 6.45) is 0. The van der Waals surface area contributed by atoms with Crippen molar-refractivity contribution in [3.8, 4) is 0 Å². The van der Waals surface area contributed by atoms with Gasteiger partial charge in [-0.05, 0) is 61.4 Å². The number of aryl methyl sites for hydroxylation is 2. The van der Waals surface area contributed by atoms with Crippen LogP contribution in [0.25, 0.3) is 9.95 Å². The van der Waals surface area contributed by atoms with Crippen LogP contribution in [0.1, 0.15) is 31.8 Å². The molecule has 0 aliphatic heterocycles. The number of benzene rings is 4. The summed E-state index contributed by atoms with van der Waals surface area (Å²) in [5.74, 6) is -0.429. The summed E-state index contributed by atoms with van der Waals surface area (Å²) in [5.41, 5.74) is 4.39. The van der Waals surface area contributed by atoms with Crippen molar-refractivity contribution in [2.45, 2.75) is 13.8 Å². The van der Waals surface area contributed by atoms with Gasteiger partial charge in [0.05, 0.1) is 0 Å². The van der Waals surface area contributed by atoms with Crippen molar-refractivity contribution < 1.29 is 24.7 Å². The molecular formula is C28H24Cl6N6O2Zn+2. The average Bonchev–Trinajstić information content (AvgIpc) is 2.98. The predicted molar refractivity (Wildman–Crippen MR) is 177 cm³/mol. The minimum absolute atomic E-state index is 0. The number of carbonyl (C=O) groups excluding carboxylic acids is 2. The van der Waals surface area contributed by atoms with Crippen LogP contribution >= 0.6 is 67.4 Å². The second-order valence-corrected chi connectivity index (χ2v) is 13.6. The molecule has 0 heterocycles. The predicted octanol–water partition coefficient (Wildman–Crippen LogP) is 11.0. The van der Waals surface area contributed by atoms with Gasteiger partial charge in [-0.2, -0.15) is 0 Å². The second kappa shape index (κ2) is 20.8. The van der Waals surface area contributed by atoms with E-state index in [-0.39, 0.29) is 58.0 Å². The molecule has 0 spiro atoms. The van der Waals surface area contributed by atoms with E-state index in [4.69, 9.17) is 53.4 Å². The summed E-state index contributed by atoms with van der Waals surface area (Å²) in [6, 6.07) is 24.1. The third-order valence-electron chi connectivity index (χ3n) is 5.37. The fourth-order valence-corrected chi connectivity index (χ4v) is 3.73. The molecule has 43 heavy (non-hydrogen) atoms. The normalized spacial score (nSPS) is 8.84. The first-order chi connectivity index (χ1) is 19.6. The van der Waals surface area contributed by atoms with Crippen molar-refractivity contribution in [1.82, 2.24) is 0 Å². The van der Waals surface area contributed by atoms with Crippen molar-refractivity contribution in [2.75, 3.05) is 10.6 Å². The minimum atomic E-state index is -0.931. The first-order valence-corrected chi connectivity index (χ1v) is 20.4. The van der Waals surface area contributed by atoms with Crippen molar-refractivity contribution >= 4 is 102 Å². The molecular weight excluding hydrogens is 730 g/mol. The van der Waals surface area contributed by atoms with Gasteiger partial charge in [0.2, 0.25) is 10.8 Å². The summed E-state index contributed by atoms with van der Waals surface area (Å²) >= 11 is 10.9. The maximum atomic E-state index is 12.0. The molecule has 4 aromatic rings. The number of carbonyl (C=O) groups is 2. The van der Waals surface area contributed by atoms with E-state index in [1.165, 1.54) is 0 Å². The number of nitrogens with one attached hydrogen (secondary N) is 2. The Morgan fingerprint density at radius 1 is 0.651 bits per heavy atom. The number of hydrogen-bond acceptors (Lipinski definition) is 4. The van der Waals surface area contributed by atoms with Gasteiger partial charge in [-0.3, -0.25) is 9.59 Å². The van der Waals surface area contributed by atoms with Gasteiger partial charge in [0.25, 0.3) is 11.8 Å². The third kappa shape index (κ3) is 12.7. The molecule has 0 atom stereocenters. The van der Waals surface area contributed by atoms with E-state index in [1.807, 2.05) is 12.1 Å². The fourth-order valence-electron chi connectivity index (χ4n) is 3.32. The molecule has 0 fully saturated rings. The van der Waals surface area contributed by atoms with E-state index in [0.717, 1.165) is 11.1 Å². The molecule has 0 saturated carbocycles. The molecule has 2 amide bonds. The molecule has 0 aromatic heterocycles. The quantitative estimate of drug-likeness (QED) is 0.159. The molecule has 4 rings (SSSR count). The number of halogens is 6. The van der Waals surface area contributed by atoms with E-state index in [0.29, 0.717) is 22.5 Å². The summed E-state index contributed by atoms with van der Waals surface area (Å²) in [5, 5.41) is 23.6. The third-order valence-corrected chi connectivity index (χ3v) is 5.98. The van der Waals surface area contributed by atoms with E-state index in [1.54, 1.807) is 86.6 Å². The first kappa shape index (κ1) is 40.0. The molecule has 8 nitrogen and oxygen atoms in total. The molecule has 0 aliphatic carbocycles. The van der Waals surface area contributed by atoms with Crippen LogP contribution < -0.4 is 10.6 Å². The van der Waals surface area contributed by atoms with Gasteiger partial charge < -0.3 is 10.6 Å². The van der Waals surface area contributed by atoms with Crippen LogP contribution in [-0.4, -0.2) is 11.8 Å². The molecule has 2 N–H and O–H groups in total. The molecule has 15 heteroatoms. The fraction of sp³-hybridized carbons (Fsp3) is 0.0714. The molecule has 0 radical (unpaired) electrons. The summed E-state index contributed by atoms with van der Waals surface area (Å²) in [6.45, 7) is 3.59. The van der Waals surface area contributed by atoms with Crippen LogP contribution in [0.2, 0.25) is 10.0 Å². The van der Waals surface area contributed by atoms with Crippen molar-refractivity contribution in [3.05, 3.63) is 127 Å². The maximum absolute atomic E-state index is 12.0. The number of nitrogens with zero attached hydrogens (tertiary/aromatic N) is 4. The Labute approximate surface area is 287 Å². The van der Waals surface area contributed by atoms with E-state index in [2.05, 4.69) is 20.6 Å². The van der Waals surface area contributed by atoms with E-state index >= 15 is 0 Å². The number of diazo groups is 2. The van der Waals surface area contributed by atoms with Crippen molar-refractivity contribution in [2.24, 2.45) is 0 Å². The number of hydrogen-bond donors (Lipinski definition) is 2. The zero-order chi connectivity index (χ0) is 30.4. The van der Waals surface area contributed by atoms with E-state index in [9.17, 15) is 9.59 Å². The Bertz CT molecular complexity index is 1480. The van der Waals surface area contributed by atoms with Crippen LogP contribution in [0.15, 0.2) is 84.9 Å². The van der Waals surface area contributed by atoms with Crippen LogP contribution in [0.5, 0.6) is 0 Å². The molecule has 0 unspecified atom stereocenters. The Morgan fingerprint density at radius 2 is 0.953 bits per heavy atom. The summed E-state index contributed by atoms with van der Waals surface area (Å²) in [4.78, 5) is 30.1. The van der Waals surface area contributed by atoms with Gasteiger partial charge in [-0.25, -0.2) is 0 Å². The first-order valence-electron chi connectivity index (χ1n) is 11.8. The van der Waals surface area contributed by atoms with Crippen molar-refractivity contribution in [1.29, 1.82) is 10.8 Å². The van der Waals surface area contributed by atoms with Gasteiger partial charge in [0, 0.05) is 34.6 Å². The molecule has 0 bridgehead atoms. The number of rotatable bonds is 4. The van der Waals surface area contributed by atoms with Gasteiger partial charge in [-0.1, -0.05) is 59.6 Å². The van der Waals surface area contributed by atoms with Gasteiger partial charge in [-0.15, -0.1) is 24.8 Å². The Morgan fingerprint density at radius 3 is 1.23 bits per heavy atom. The van der Waals surface area contributed by atoms with Crippen LogP contribution in [-0.2, 0) is 15.1 Å². The van der Waals surface area contributed by atoms with Crippen LogP contribution in [0, 0.1) is 24.6 Å². The average molecular weight is 755 g/mol. The number of amides is 2. The Hall–Kier alpha value is -2.98.